The summed E-state index contributed by atoms with van der Waals surface area (Å²) in [4.78, 5) is 23.6. The molecule has 1 amide bonds. The van der Waals surface area contributed by atoms with Crippen LogP contribution in [0, 0.1) is 0 Å². The lowest BCUT2D eigenvalue weighted by atomic mass is 10.2. The molecule has 4 rings (SSSR count). The van der Waals surface area contributed by atoms with Gasteiger partial charge in [-0.15, -0.1) is 6.58 Å². The number of hydrogen-bond acceptors (Lipinski definition) is 6. The van der Waals surface area contributed by atoms with Crippen molar-refractivity contribution in [2.45, 2.75) is 11.8 Å². The Balaban J connectivity index is 1.75. The van der Waals surface area contributed by atoms with Crippen LogP contribution in [0.2, 0.25) is 5.02 Å². The van der Waals surface area contributed by atoms with Crippen LogP contribution in [0.25, 0.3) is 0 Å². The SMILES string of the molecule is C=CCN1C(=O)/C(=C2/Sc3ccc(OC)cc3N2CC)SC1=Nc1ccc(Cl)cc1. The monoisotopic (exact) mass is 457 g/mol. The number of fused-ring (bicyclic) bond motifs is 1. The number of carbonyl (C=O) groups excluding carboxylic acids is 1. The third kappa shape index (κ3) is 3.85. The summed E-state index contributed by atoms with van der Waals surface area (Å²) in [6, 6.07) is 13.2. The minimum atomic E-state index is -0.0617. The van der Waals surface area contributed by atoms with Crippen LogP contribution in [0.5, 0.6) is 5.75 Å². The quantitative estimate of drug-likeness (QED) is 0.413. The van der Waals surface area contributed by atoms with Gasteiger partial charge >= 0.3 is 0 Å². The molecule has 0 spiro atoms. The first-order valence-electron chi connectivity index (χ1n) is 9.38. The van der Waals surface area contributed by atoms with E-state index in [2.05, 4.69) is 18.4 Å². The second-order valence-corrected chi connectivity index (χ2v) is 8.94. The predicted octanol–water partition coefficient (Wildman–Crippen LogP) is 5.90. The molecule has 8 heteroatoms. The highest BCUT2D eigenvalue weighted by Gasteiger charge is 2.39. The molecule has 2 aliphatic rings. The van der Waals surface area contributed by atoms with E-state index in [0.717, 1.165) is 33.6 Å². The molecule has 154 valence electrons. The van der Waals surface area contributed by atoms with Gasteiger partial charge < -0.3 is 9.64 Å². The topological polar surface area (TPSA) is 45.1 Å². The van der Waals surface area contributed by atoms with Crippen LogP contribution in [-0.2, 0) is 4.79 Å². The van der Waals surface area contributed by atoms with Crippen molar-refractivity contribution in [3.63, 3.8) is 0 Å². The molecule has 1 fully saturated rings. The molecule has 30 heavy (non-hydrogen) atoms. The maximum absolute atomic E-state index is 13.3. The molecule has 0 aliphatic carbocycles. The van der Waals surface area contributed by atoms with Gasteiger partial charge in [0.15, 0.2) is 5.17 Å². The molecule has 0 unspecified atom stereocenters. The van der Waals surface area contributed by atoms with Crippen molar-refractivity contribution in [2.24, 2.45) is 4.99 Å². The summed E-state index contributed by atoms with van der Waals surface area (Å²) < 4.78 is 5.38. The Labute approximate surface area is 189 Å². The Hall–Kier alpha value is -2.35. The second kappa shape index (κ2) is 8.79. The lowest BCUT2D eigenvalue weighted by Gasteiger charge is -2.19. The zero-order valence-electron chi connectivity index (χ0n) is 16.6. The molecular formula is C22H20ClN3O2S2. The molecule has 0 atom stereocenters. The number of aliphatic imine (C=N–C) groups is 1. The maximum atomic E-state index is 13.3. The van der Waals surface area contributed by atoms with Gasteiger partial charge in [-0.2, -0.15) is 0 Å². The Morgan fingerprint density at radius 2 is 1.93 bits per heavy atom. The van der Waals surface area contributed by atoms with Crippen LogP contribution in [0.3, 0.4) is 0 Å². The summed E-state index contributed by atoms with van der Waals surface area (Å²) in [5.41, 5.74) is 1.80. The van der Waals surface area contributed by atoms with Crippen molar-refractivity contribution < 1.29 is 9.53 Å². The maximum Gasteiger partial charge on any atom is 0.269 e. The number of thioether (sulfide) groups is 2. The number of carbonyl (C=O) groups is 1. The van der Waals surface area contributed by atoms with Crippen molar-refractivity contribution >= 4 is 57.6 Å². The second-order valence-electron chi connectivity index (χ2n) is 6.49. The van der Waals surface area contributed by atoms with Crippen molar-refractivity contribution in [1.29, 1.82) is 0 Å². The number of hydrogen-bond donors (Lipinski definition) is 0. The van der Waals surface area contributed by atoms with E-state index in [0.29, 0.717) is 21.6 Å². The highest BCUT2D eigenvalue weighted by molar-refractivity contribution is 8.19. The third-order valence-electron chi connectivity index (χ3n) is 4.65. The van der Waals surface area contributed by atoms with Gasteiger partial charge in [0, 0.05) is 29.1 Å². The summed E-state index contributed by atoms with van der Waals surface area (Å²) >= 11 is 8.98. The van der Waals surface area contributed by atoms with Crippen molar-refractivity contribution in [3.8, 4) is 5.75 Å². The van der Waals surface area contributed by atoms with Crippen LogP contribution in [0.1, 0.15) is 6.92 Å². The van der Waals surface area contributed by atoms with Gasteiger partial charge in [-0.25, -0.2) is 4.99 Å². The number of amides is 1. The fraction of sp³-hybridized carbons (Fsp3) is 0.182. The number of halogens is 1. The van der Waals surface area contributed by atoms with E-state index in [1.54, 1.807) is 42.0 Å². The average molecular weight is 458 g/mol. The Morgan fingerprint density at radius 1 is 1.17 bits per heavy atom. The number of rotatable bonds is 5. The molecule has 2 heterocycles. The highest BCUT2D eigenvalue weighted by Crippen LogP contribution is 2.51. The van der Waals surface area contributed by atoms with Gasteiger partial charge in [-0.3, -0.25) is 9.69 Å². The fourth-order valence-electron chi connectivity index (χ4n) is 3.21. The lowest BCUT2D eigenvalue weighted by molar-refractivity contribution is -0.121. The summed E-state index contributed by atoms with van der Waals surface area (Å²) in [7, 11) is 1.66. The molecule has 0 bridgehead atoms. The normalized spacial score (nSPS) is 19.6. The van der Waals surface area contributed by atoms with Crippen LogP contribution in [0.15, 0.2) is 74.9 Å². The molecule has 2 aliphatic heterocycles. The van der Waals surface area contributed by atoms with E-state index in [1.165, 1.54) is 11.8 Å². The number of benzene rings is 2. The Kier molecular flexibility index (Phi) is 6.13. The van der Waals surface area contributed by atoms with Gasteiger partial charge in [-0.1, -0.05) is 29.4 Å². The van der Waals surface area contributed by atoms with E-state index in [1.807, 2.05) is 30.3 Å². The van der Waals surface area contributed by atoms with Crippen LogP contribution in [-0.4, -0.2) is 36.2 Å². The smallest absolute Gasteiger partial charge is 0.269 e. The van der Waals surface area contributed by atoms with E-state index >= 15 is 0 Å². The zero-order valence-corrected chi connectivity index (χ0v) is 19.0. The summed E-state index contributed by atoms with van der Waals surface area (Å²) in [6.45, 7) is 7.01. The minimum absolute atomic E-state index is 0.0617. The van der Waals surface area contributed by atoms with E-state index in [9.17, 15) is 4.79 Å². The lowest BCUT2D eigenvalue weighted by Crippen LogP contribution is -2.30. The summed E-state index contributed by atoms with van der Waals surface area (Å²) in [5, 5.41) is 2.20. The Morgan fingerprint density at radius 3 is 2.60 bits per heavy atom. The first kappa shape index (κ1) is 20.9. The zero-order chi connectivity index (χ0) is 21.3. The van der Waals surface area contributed by atoms with Gasteiger partial charge in [-0.05, 0) is 55.1 Å². The minimum Gasteiger partial charge on any atom is -0.497 e. The molecule has 0 radical (unpaired) electrons. The summed E-state index contributed by atoms with van der Waals surface area (Å²) in [6.07, 6.45) is 1.71. The van der Waals surface area contributed by atoms with Crippen LogP contribution < -0.4 is 9.64 Å². The van der Waals surface area contributed by atoms with Gasteiger partial charge in [0.05, 0.1) is 18.5 Å². The van der Waals surface area contributed by atoms with Crippen molar-refractivity contribution in [2.75, 3.05) is 25.1 Å². The number of nitrogens with zero attached hydrogens (tertiary/aromatic N) is 3. The first-order chi connectivity index (χ1) is 14.5. The third-order valence-corrected chi connectivity index (χ3v) is 7.28. The first-order valence-corrected chi connectivity index (χ1v) is 11.4. The largest absolute Gasteiger partial charge is 0.497 e. The molecule has 2 aromatic rings. The molecule has 5 nitrogen and oxygen atoms in total. The van der Waals surface area contributed by atoms with E-state index < -0.39 is 0 Å². The molecule has 0 N–H and O–H groups in total. The van der Waals surface area contributed by atoms with E-state index in [-0.39, 0.29) is 5.91 Å². The standard InChI is InChI=1S/C22H20ClN3O2S2/c1-4-12-26-20(27)19(30-22(26)24-15-8-6-14(23)7-9-15)21-25(5-2)17-13-16(28-3)10-11-18(17)29-21/h4,6-11,13H,1,5,12H2,2-3H3/b21-19-,24-22?. The fourth-order valence-corrected chi connectivity index (χ4v) is 5.71. The molecular weight excluding hydrogens is 438 g/mol. The van der Waals surface area contributed by atoms with Crippen molar-refractivity contribution in [1.82, 2.24) is 4.90 Å². The van der Waals surface area contributed by atoms with Gasteiger partial charge in [0.1, 0.15) is 15.7 Å². The molecule has 1 saturated heterocycles. The number of methoxy groups -OCH3 is 1. The Bertz CT molecular complexity index is 1070. The van der Waals surface area contributed by atoms with Gasteiger partial charge in [0.2, 0.25) is 0 Å². The van der Waals surface area contributed by atoms with Crippen LogP contribution in [0.4, 0.5) is 11.4 Å². The molecule has 2 aromatic carbocycles. The number of ether oxygens (including phenoxy) is 1. The predicted molar refractivity (Wildman–Crippen MR) is 127 cm³/mol. The number of anilines is 1. The van der Waals surface area contributed by atoms with Crippen molar-refractivity contribution in [3.05, 3.63) is 70.1 Å². The highest BCUT2D eigenvalue weighted by atomic mass is 35.5. The average Bonchev–Trinajstić information content (AvgIpc) is 3.27. The van der Waals surface area contributed by atoms with Crippen LogP contribution >= 0.6 is 35.1 Å². The van der Waals surface area contributed by atoms with Gasteiger partial charge in [0.25, 0.3) is 5.91 Å². The van der Waals surface area contributed by atoms with E-state index in [4.69, 9.17) is 21.3 Å². The molecule has 0 saturated carbocycles. The number of amidine groups is 1. The molecule has 0 aromatic heterocycles. The summed E-state index contributed by atoms with van der Waals surface area (Å²) in [5.74, 6) is 0.732.